The lowest BCUT2D eigenvalue weighted by Gasteiger charge is -2.26. The van der Waals surface area contributed by atoms with E-state index in [2.05, 4.69) is 16.9 Å². The number of hydrogen-bond acceptors (Lipinski definition) is 3. The molecule has 5 nitrogen and oxygen atoms in total. The summed E-state index contributed by atoms with van der Waals surface area (Å²) < 4.78 is 0. The Bertz CT molecular complexity index is 305. The fraction of sp³-hybridized carbons (Fsp3) is 0.857. The highest BCUT2D eigenvalue weighted by atomic mass is 32.2. The molecule has 1 aliphatic rings. The minimum atomic E-state index is -0.710. The molecule has 20 heavy (non-hydrogen) atoms. The fourth-order valence-corrected chi connectivity index (χ4v) is 2.96. The molecule has 0 aromatic rings. The van der Waals surface area contributed by atoms with Gasteiger partial charge in [-0.15, -0.1) is 0 Å². The van der Waals surface area contributed by atoms with Crippen LogP contribution in [-0.2, 0) is 4.79 Å². The molecular weight excluding hydrogens is 276 g/mol. The van der Waals surface area contributed by atoms with Crippen LogP contribution in [0.1, 0.15) is 44.9 Å². The SMILES string of the molecule is CSCCCCCNC(=O)NC1CCC(C(=O)O)CC1. The van der Waals surface area contributed by atoms with Crippen LogP contribution in [0.3, 0.4) is 0 Å². The van der Waals surface area contributed by atoms with Gasteiger partial charge < -0.3 is 15.7 Å². The van der Waals surface area contributed by atoms with Gasteiger partial charge in [-0.1, -0.05) is 6.42 Å². The summed E-state index contributed by atoms with van der Waals surface area (Å²) in [7, 11) is 0. The molecule has 6 heteroatoms. The highest BCUT2D eigenvalue weighted by Gasteiger charge is 2.26. The summed E-state index contributed by atoms with van der Waals surface area (Å²) in [6, 6.07) is 0.00994. The van der Waals surface area contributed by atoms with E-state index in [1.54, 1.807) is 0 Å². The number of aliphatic carboxylic acids is 1. The van der Waals surface area contributed by atoms with Crippen LogP contribution in [0.4, 0.5) is 4.79 Å². The number of unbranched alkanes of at least 4 members (excludes halogenated alkanes) is 2. The predicted molar refractivity (Wildman–Crippen MR) is 82.1 cm³/mol. The Morgan fingerprint density at radius 3 is 2.45 bits per heavy atom. The molecule has 116 valence electrons. The van der Waals surface area contributed by atoms with E-state index < -0.39 is 5.97 Å². The highest BCUT2D eigenvalue weighted by molar-refractivity contribution is 7.98. The highest BCUT2D eigenvalue weighted by Crippen LogP contribution is 2.24. The van der Waals surface area contributed by atoms with Gasteiger partial charge in [-0.2, -0.15) is 11.8 Å². The quantitative estimate of drug-likeness (QED) is 0.602. The predicted octanol–water partition coefficient (Wildman–Crippen LogP) is 2.46. The van der Waals surface area contributed by atoms with Gasteiger partial charge in [-0.3, -0.25) is 4.79 Å². The van der Waals surface area contributed by atoms with Gasteiger partial charge in [0.1, 0.15) is 0 Å². The number of thioether (sulfide) groups is 1. The minimum absolute atomic E-state index is 0.117. The second kappa shape index (κ2) is 9.91. The normalized spacial score (nSPS) is 22.2. The number of urea groups is 1. The molecule has 0 unspecified atom stereocenters. The van der Waals surface area contributed by atoms with E-state index in [-0.39, 0.29) is 18.0 Å². The first-order valence-electron chi connectivity index (χ1n) is 7.39. The van der Waals surface area contributed by atoms with E-state index in [0.29, 0.717) is 19.4 Å². The van der Waals surface area contributed by atoms with Crippen LogP contribution in [0.2, 0.25) is 0 Å². The van der Waals surface area contributed by atoms with Crippen LogP contribution in [0, 0.1) is 5.92 Å². The Kier molecular flexibility index (Phi) is 8.49. The molecule has 0 bridgehead atoms. The van der Waals surface area contributed by atoms with Crippen molar-refractivity contribution in [3.05, 3.63) is 0 Å². The Morgan fingerprint density at radius 1 is 1.15 bits per heavy atom. The molecule has 0 radical (unpaired) electrons. The topological polar surface area (TPSA) is 78.4 Å². The number of carboxylic acid groups (broad SMARTS) is 1. The van der Waals surface area contributed by atoms with Crippen molar-refractivity contribution in [1.29, 1.82) is 0 Å². The van der Waals surface area contributed by atoms with Crippen LogP contribution in [0.5, 0.6) is 0 Å². The molecular formula is C14H26N2O3S. The zero-order valence-electron chi connectivity index (χ0n) is 12.2. The van der Waals surface area contributed by atoms with Gasteiger partial charge >= 0.3 is 12.0 Å². The second-order valence-corrected chi connectivity index (χ2v) is 6.33. The lowest BCUT2D eigenvalue weighted by Crippen LogP contribution is -2.44. The van der Waals surface area contributed by atoms with Gasteiger partial charge in [-0.05, 0) is 50.5 Å². The molecule has 0 heterocycles. The van der Waals surface area contributed by atoms with Gasteiger partial charge in [0.2, 0.25) is 0 Å². The van der Waals surface area contributed by atoms with E-state index in [1.807, 2.05) is 11.8 Å². The van der Waals surface area contributed by atoms with Crippen molar-refractivity contribution in [2.45, 2.75) is 51.0 Å². The summed E-state index contributed by atoms with van der Waals surface area (Å²) in [6.45, 7) is 0.713. The van der Waals surface area contributed by atoms with Gasteiger partial charge in [0, 0.05) is 12.6 Å². The summed E-state index contributed by atoms with van der Waals surface area (Å²) in [4.78, 5) is 22.5. The molecule has 3 N–H and O–H groups in total. The molecule has 1 saturated carbocycles. The largest absolute Gasteiger partial charge is 0.481 e. The summed E-state index contributed by atoms with van der Waals surface area (Å²) in [6.07, 6.45) is 8.30. The Balaban J connectivity index is 2.04. The summed E-state index contributed by atoms with van der Waals surface area (Å²) in [5, 5.41) is 14.7. The van der Waals surface area contributed by atoms with Crippen molar-refractivity contribution in [3.8, 4) is 0 Å². The van der Waals surface area contributed by atoms with Crippen molar-refractivity contribution in [1.82, 2.24) is 10.6 Å². The third kappa shape index (κ3) is 7.03. The van der Waals surface area contributed by atoms with E-state index >= 15 is 0 Å². The first-order chi connectivity index (χ1) is 9.63. The zero-order chi connectivity index (χ0) is 14.8. The van der Waals surface area contributed by atoms with E-state index in [0.717, 1.165) is 25.7 Å². The number of rotatable bonds is 8. The molecule has 1 rings (SSSR count). The van der Waals surface area contributed by atoms with Gasteiger partial charge in [0.25, 0.3) is 0 Å². The van der Waals surface area contributed by atoms with Gasteiger partial charge in [0.05, 0.1) is 5.92 Å². The maximum atomic E-state index is 11.7. The molecule has 0 atom stereocenters. The third-order valence-electron chi connectivity index (χ3n) is 3.72. The molecule has 0 aromatic carbocycles. The van der Waals surface area contributed by atoms with E-state index in [1.165, 1.54) is 12.2 Å². The summed E-state index contributed by atoms with van der Waals surface area (Å²) in [5.74, 6) is 0.240. The number of carboxylic acids is 1. The van der Waals surface area contributed by atoms with Crippen LogP contribution < -0.4 is 10.6 Å². The molecule has 1 aliphatic carbocycles. The Labute approximate surface area is 125 Å². The van der Waals surface area contributed by atoms with Crippen molar-refractivity contribution in [2.75, 3.05) is 18.6 Å². The molecule has 1 fully saturated rings. The maximum Gasteiger partial charge on any atom is 0.315 e. The van der Waals surface area contributed by atoms with Crippen LogP contribution in [-0.4, -0.2) is 41.7 Å². The smallest absolute Gasteiger partial charge is 0.315 e. The fourth-order valence-electron chi connectivity index (χ4n) is 2.47. The Morgan fingerprint density at radius 2 is 1.85 bits per heavy atom. The van der Waals surface area contributed by atoms with Gasteiger partial charge in [-0.25, -0.2) is 4.79 Å². The minimum Gasteiger partial charge on any atom is -0.481 e. The monoisotopic (exact) mass is 302 g/mol. The molecule has 0 aromatic heterocycles. The van der Waals surface area contributed by atoms with Crippen molar-refractivity contribution < 1.29 is 14.7 Å². The first kappa shape index (κ1) is 17.1. The molecule has 0 saturated heterocycles. The van der Waals surface area contributed by atoms with Crippen molar-refractivity contribution >= 4 is 23.8 Å². The second-order valence-electron chi connectivity index (χ2n) is 5.34. The number of carbonyl (C=O) groups is 2. The average Bonchev–Trinajstić information content (AvgIpc) is 2.43. The molecule has 2 amide bonds. The standard InChI is InChI=1S/C14H26N2O3S/c1-20-10-4-2-3-9-15-14(19)16-12-7-5-11(6-8-12)13(17)18/h11-12H,2-10H2,1H3,(H,17,18)(H2,15,16,19). The lowest BCUT2D eigenvalue weighted by atomic mass is 9.86. The number of nitrogens with one attached hydrogen (secondary N) is 2. The maximum absolute atomic E-state index is 11.7. The number of carbonyl (C=O) groups excluding carboxylic acids is 1. The van der Waals surface area contributed by atoms with Crippen LogP contribution in [0.15, 0.2) is 0 Å². The Hall–Kier alpha value is -0.910. The molecule has 0 spiro atoms. The van der Waals surface area contributed by atoms with Crippen LogP contribution in [0.25, 0.3) is 0 Å². The molecule has 0 aliphatic heterocycles. The van der Waals surface area contributed by atoms with E-state index in [9.17, 15) is 9.59 Å². The summed E-state index contributed by atoms with van der Waals surface area (Å²) in [5.41, 5.74) is 0. The van der Waals surface area contributed by atoms with Gasteiger partial charge in [0.15, 0.2) is 0 Å². The average molecular weight is 302 g/mol. The van der Waals surface area contributed by atoms with Crippen LogP contribution >= 0.6 is 11.8 Å². The van der Waals surface area contributed by atoms with E-state index in [4.69, 9.17) is 5.11 Å². The first-order valence-corrected chi connectivity index (χ1v) is 8.79. The summed E-state index contributed by atoms with van der Waals surface area (Å²) >= 11 is 1.85. The van der Waals surface area contributed by atoms with Crippen molar-refractivity contribution in [2.24, 2.45) is 5.92 Å². The lowest BCUT2D eigenvalue weighted by molar-refractivity contribution is -0.142. The zero-order valence-corrected chi connectivity index (χ0v) is 13.0. The number of hydrogen-bond donors (Lipinski definition) is 3. The third-order valence-corrected chi connectivity index (χ3v) is 4.42. The number of amides is 2. The van der Waals surface area contributed by atoms with Crippen molar-refractivity contribution in [3.63, 3.8) is 0 Å².